The Labute approximate surface area is 157 Å². The first-order chi connectivity index (χ1) is 12.9. The van der Waals surface area contributed by atoms with Gasteiger partial charge in [0.05, 0.1) is 4.90 Å². The summed E-state index contributed by atoms with van der Waals surface area (Å²) in [6, 6.07) is 12.0. The molecule has 3 aromatic rings. The average molecular weight is 384 g/mol. The van der Waals surface area contributed by atoms with E-state index < -0.39 is 9.84 Å². The number of carbonyl (C=O) groups excluding carboxylic acids is 1. The number of hydrogen-bond donors (Lipinski definition) is 0. The summed E-state index contributed by atoms with van der Waals surface area (Å²) in [4.78, 5) is 14.9. The summed E-state index contributed by atoms with van der Waals surface area (Å²) in [5.41, 5.74) is 1.18. The molecule has 1 amide bonds. The topological polar surface area (TPSA) is 84.6 Å². The molecule has 7 nitrogen and oxygen atoms in total. The second-order valence-electron chi connectivity index (χ2n) is 6.88. The Balaban J connectivity index is 1.59. The van der Waals surface area contributed by atoms with E-state index in [2.05, 4.69) is 10.2 Å². The number of nitrogens with zero attached hydrogens (tertiary/aromatic N) is 4. The van der Waals surface area contributed by atoms with Crippen LogP contribution in [0.1, 0.15) is 34.9 Å². The van der Waals surface area contributed by atoms with Crippen molar-refractivity contribution >= 4 is 21.4 Å². The van der Waals surface area contributed by atoms with E-state index in [1.54, 1.807) is 17.0 Å². The zero-order chi connectivity index (χ0) is 19.0. The summed E-state index contributed by atoms with van der Waals surface area (Å²) in [7, 11) is -3.35. The van der Waals surface area contributed by atoms with Crippen LogP contribution in [0.15, 0.2) is 53.6 Å². The molecule has 0 bridgehead atoms. The first-order valence-corrected chi connectivity index (χ1v) is 10.7. The van der Waals surface area contributed by atoms with E-state index in [9.17, 15) is 13.2 Å². The normalized spacial score (nSPS) is 18.0. The van der Waals surface area contributed by atoms with E-state index in [4.69, 9.17) is 0 Å². The number of sulfone groups is 1. The van der Waals surface area contributed by atoms with Gasteiger partial charge in [0, 0.05) is 37.0 Å². The second-order valence-corrected chi connectivity index (χ2v) is 8.89. The fraction of sp³-hybridized carbons (Fsp3) is 0.316. The van der Waals surface area contributed by atoms with Crippen molar-refractivity contribution in [1.29, 1.82) is 0 Å². The number of carbonyl (C=O) groups is 1. The van der Waals surface area contributed by atoms with Crippen molar-refractivity contribution in [1.82, 2.24) is 19.5 Å². The maximum atomic E-state index is 12.9. The van der Waals surface area contributed by atoms with Crippen LogP contribution in [0.4, 0.5) is 0 Å². The number of hydrogen-bond acceptors (Lipinski definition) is 5. The summed E-state index contributed by atoms with van der Waals surface area (Å²) in [6.07, 6.45) is 4.87. The van der Waals surface area contributed by atoms with Crippen LogP contribution in [-0.2, 0) is 9.84 Å². The van der Waals surface area contributed by atoms with Gasteiger partial charge in [0.15, 0.2) is 15.5 Å². The van der Waals surface area contributed by atoms with Crippen molar-refractivity contribution in [3.05, 3.63) is 60.0 Å². The van der Waals surface area contributed by atoms with Gasteiger partial charge in [-0.1, -0.05) is 12.1 Å². The molecule has 1 aromatic carbocycles. The highest BCUT2D eigenvalue weighted by molar-refractivity contribution is 7.90. The molecule has 0 N–H and O–H groups in total. The maximum absolute atomic E-state index is 12.9. The zero-order valence-corrected chi connectivity index (χ0v) is 15.8. The molecule has 140 valence electrons. The van der Waals surface area contributed by atoms with E-state index >= 15 is 0 Å². The summed E-state index contributed by atoms with van der Waals surface area (Å²) in [5, 5.41) is 8.53. The first kappa shape index (κ1) is 17.7. The minimum atomic E-state index is -3.35. The van der Waals surface area contributed by atoms with Crippen molar-refractivity contribution in [2.45, 2.75) is 23.7 Å². The van der Waals surface area contributed by atoms with Gasteiger partial charge in [-0.25, -0.2) is 8.42 Å². The number of amides is 1. The van der Waals surface area contributed by atoms with Crippen LogP contribution in [0.25, 0.3) is 5.65 Å². The van der Waals surface area contributed by atoms with Crippen LogP contribution >= 0.6 is 0 Å². The number of likely N-dealkylation sites (tertiary alicyclic amines) is 1. The van der Waals surface area contributed by atoms with Crippen LogP contribution < -0.4 is 0 Å². The molecule has 1 unspecified atom stereocenters. The third-order valence-electron chi connectivity index (χ3n) is 4.92. The van der Waals surface area contributed by atoms with Gasteiger partial charge in [-0.3, -0.25) is 9.20 Å². The lowest BCUT2D eigenvalue weighted by molar-refractivity contribution is 0.0704. The molecule has 1 atom stereocenters. The molecule has 1 fully saturated rings. The van der Waals surface area contributed by atoms with Gasteiger partial charge in [-0.15, -0.1) is 10.2 Å². The smallest absolute Gasteiger partial charge is 0.253 e. The molecule has 27 heavy (non-hydrogen) atoms. The van der Waals surface area contributed by atoms with Crippen LogP contribution in [0, 0.1) is 0 Å². The Morgan fingerprint density at radius 1 is 1.15 bits per heavy atom. The van der Waals surface area contributed by atoms with E-state index in [0.29, 0.717) is 18.7 Å². The number of rotatable bonds is 3. The largest absolute Gasteiger partial charge is 0.338 e. The van der Waals surface area contributed by atoms with Crippen molar-refractivity contribution in [2.75, 3.05) is 19.3 Å². The molecule has 3 heterocycles. The quantitative estimate of drug-likeness (QED) is 0.691. The Kier molecular flexibility index (Phi) is 4.43. The molecule has 0 aliphatic carbocycles. The molecule has 2 aromatic heterocycles. The number of piperidine rings is 1. The number of pyridine rings is 1. The minimum absolute atomic E-state index is 0.0955. The molecule has 0 radical (unpaired) electrons. The number of fused-ring (bicyclic) bond motifs is 1. The van der Waals surface area contributed by atoms with Crippen molar-refractivity contribution < 1.29 is 13.2 Å². The van der Waals surface area contributed by atoms with Gasteiger partial charge in [0.2, 0.25) is 0 Å². The highest BCUT2D eigenvalue weighted by atomic mass is 32.2. The van der Waals surface area contributed by atoms with Gasteiger partial charge in [-0.05, 0) is 43.2 Å². The monoisotopic (exact) mass is 384 g/mol. The number of benzene rings is 1. The summed E-state index contributed by atoms with van der Waals surface area (Å²) < 4.78 is 25.5. The average Bonchev–Trinajstić information content (AvgIpc) is 3.11. The standard InChI is InChI=1S/C19H20N4O3S/c1-27(25,26)16-8-4-6-14(12-16)19(24)22-10-5-7-15(13-22)18-21-20-17-9-2-3-11-23(17)18/h2-4,6,8-9,11-12,15H,5,7,10,13H2,1H3. The van der Waals surface area contributed by atoms with Crippen molar-refractivity contribution in [2.24, 2.45) is 0 Å². The second kappa shape index (κ2) is 6.77. The third kappa shape index (κ3) is 3.44. The van der Waals surface area contributed by atoms with Gasteiger partial charge >= 0.3 is 0 Å². The SMILES string of the molecule is CS(=O)(=O)c1cccc(C(=O)N2CCCC(c3nnc4ccccn34)C2)c1. The summed E-state index contributed by atoms with van der Waals surface area (Å²) in [5.74, 6) is 0.796. The van der Waals surface area contributed by atoms with Crippen LogP contribution in [0.3, 0.4) is 0 Å². The molecule has 0 spiro atoms. The molecule has 1 saturated heterocycles. The van der Waals surface area contributed by atoms with Crippen LogP contribution in [0.5, 0.6) is 0 Å². The molecule has 1 aliphatic rings. The van der Waals surface area contributed by atoms with Crippen LogP contribution in [-0.4, -0.2) is 53.2 Å². The van der Waals surface area contributed by atoms with Crippen LogP contribution in [0.2, 0.25) is 0 Å². The van der Waals surface area contributed by atoms with Gasteiger partial charge in [0.1, 0.15) is 5.82 Å². The fourth-order valence-electron chi connectivity index (χ4n) is 3.55. The van der Waals surface area contributed by atoms with Crippen molar-refractivity contribution in [3.63, 3.8) is 0 Å². The Morgan fingerprint density at radius 2 is 2.00 bits per heavy atom. The lowest BCUT2D eigenvalue weighted by atomic mass is 9.96. The molecular formula is C19H20N4O3S. The molecule has 0 saturated carbocycles. The molecule has 4 rings (SSSR count). The number of aromatic nitrogens is 3. The van der Waals surface area contributed by atoms with E-state index in [0.717, 1.165) is 30.6 Å². The maximum Gasteiger partial charge on any atom is 0.253 e. The lowest BCUT2D eigenvalue weighted by Crippen LogP contribution is -2.39. The Bertz CT molecular complexity index is 1110. The first-order valence-electron chi connectivity index (χ1n) is 8.82. The fourth-order valence-corrected chi connectivity index (χ4v) is 4.22. The predicted molar refractivity (Wildman–Crippen MR) is 100 cm³/mol. The Hall–Kier alpha value is -2.74. The minimum Gasteiger partial charge on any atom is -0.338 e. The highest BCUT2D eigenvalue weighted by Crippen LogP contribution is 2.27. The summed E-state index contributed by atoms with van der Waals surface area (Å²) >= 11 is 0. The zero-order valence-electron chi connectivity index (χ0n) is 14.9. The van der Waals surface area contributed by atoms with Gasteiger partial charge < -0.3 is 4.90 Å². The van der Waals surface area contributed by atoms with E-state index in [1.165, 1.54) is 12.1 Å². The third-order valence-corrected chi connectivity index (χ3v) is 6.03. The van der Waals surface area contributed by atoms with Gasteiger partial charge in [-0.2, -0.15) is 0 Å². The molecular weight excluding hydrogens is 364 g/mol. The van der Waals surface area contributed by atoms with E-state index in [1.807, 2.05) is 28.8 Å². The van der Waals surface area contributed by atoms with Gasteiger partial charge in [0.25, 0.3) is 5.91 Å². The lowest BCUT2D eigenvalue weighted by Gasteiger charge is -2.32. The van der Waals surface area contributed by atoms with E-state index in [-0.39, 0.29) is 16.7 Å². The van der Waals surface area contributed by atoms with Crippen molar-refractivity contribution in [3.8, 4) is 0 Å². The summed E-state index contributed by atoms with van der Waals surface area (Å²) in [6.45, 7) is 1.19. The Morgan fingerprint density at radius 3 is 2.81 bits per heavy atom. The molecule has 8 heteroatoms. The predicted octanol–water partition coefficient (Wildman–Crippen LogP) is 2.15. The highest BCUT2D eigenvalue weighted by Gasteiger charge is 2.28. The molecule has 1 aliphatic heterocycles.